The lowest BCUT2D eigenvalue weighted by atomic mass is 9.85. The minimum atomic E-state index is -0.398. The molecule has 0 aromatic rings. The molecular formula is C16H21NO5. The molecule has 2 aliphatic heterocycles. The van der Waals surface area contributed by atoms with Gasteiger partial charge in [0.2, 0.25) is 6.29 Å². The van der Waals surface area contributed by atoms with Crippen LogP contribution in [0.3, 0.4) is 0 Å². The quantitative estimate of drug-likeness (QED) is 0.584. The smallest absolute Gasteiger partial charge is 0.311 e. The van der Waals surface area contributed by atoms with Gasteiger partial charge in [0.15, 0.2) is 0 Å². The Labute approximate surface area is 129 Å². The van der Waals surface area contributed by atoms with Gasteiger partial charge in [0.1, 0.15) is 0 Å². The van der Waals surface area contributed by atoms with E-state index in [0.29, 0.717) is 32.3 Å². The summed E-state index contributed by atoms with van der Waals surface area (Å²) in [7, 11) is 0. The fourth-order valence-corrected chi connectivity index (χ4v) is 3.37. The minimum Gasteiger partial charge on any atom is -0.436 e. The van der Waals surface area contributed by atoms with Crippen LogP contribution in [0.5, 0.6) is 0 Å². The van der Waals surface area contributed by atoms with Gasteiger partial charge in [0.05, 0.1) is 12.5 Å². The Balaban J connectivity index is 1.48. The average molecular weight is 307 g/mol. The van der Waals surface area contributed by atoms with Gasteiger partial charge in [-0.3, -0.25) is 19.3 Å². The minimum absolute atomic E-state index is 0.0926. The van der Waals surface area contributed by atoms with Crippen LogP contribution in [-0.4, -0.2) is 41.6 Å². The SMILES string of the molecule is O=C(OC1CCCCO1)C1CCC(N2C(=O)C=CC2=O)CC1. The summed E-state index contributed by atoms with van der Waals surface area (Å²) in [6.07, 6.45) is 7.64. The molecule has 3 aliphatic rings. The van der Waals surface area contributed by atoms with Gasteiger partial charge in [0, 0.05) is 24.6 Å². The molecule has 2 heterocycles. The number of hydrogen-bond acceptors (Lipinski definition) is 5. The van der Waals surface area contributed by atoms with Crippen molar-refractivity contribution < 1.29 is 23.9 Å². The fraction of sp³-hybridized carbons (Fsp3) is 0.688. The van der Waals surface area contributed by atoms with E-state index in [1.54, 1.807) is 0 Å². The van der Waals surface area contributed by atoms with Crippen LogP contribution in [0.15, 0.2) is 12.2 Å². The Morgan fingerprint density at radius 2 is 1.73 bits per heavy atom. The van der Waals surface area contributed by atoms with Crippen molar-refractivity contribution in [1.82, 2.24) is 4.90 Å². The molecule has 1 atom stereocenters. The Hall–Kier alpha value is -1.69. The van der Waals surface area contributed by atoms with E-state index >= 15 is 0 Å². The maximum Gasteiger partial charge on any atom is 0.311 e. The molecular weight excluding hydrogens is 286 g/mol. The van der Waals surface area contributed by atoms with Crippen molar-refractivity contribution in [2.75, 3.05) is 6.61 Å². The molecule has 22 heavy (non-hydrogen) atoms. The normalized spacial score (nSPS) is 32.4. The highest BCUT2D eigenvalue weighted by molar-refractivity contribution is 6.13. The molecule has 0 aromatic carbocycles. The lowest BCUT2D eigenvalue weighted by molar-refractivity contribution is -0.192. The molecule has 2 amide bonds. The largest absolute Gasteiger partial charge is 0.436 e. The van der Waals surface area contributed by atoms with Crippen LogP contribution in [0, 0.1) is 5.92 Å². The first-order chi connectivity index (χ1) is 10.6. The number of carbonyl (C=O) groups excluding carboxylic acids is 3. The standard InChI is InChI=1S/C16H21NO5/c18-13-8-9-14(19)17(13)12-6-4-11(5-7-12)16(20)22-15-3-1-2-10-21-15/h8-9,11-12,15H,1-7,10H2. The monoisotopic (exact) mass is 307 g/mol. The lowest BCUT2D eigenvalue weighted by Gasteiger charge is -2.33. The third-order valence-electron chi connectivity index (χ3n) is 4.62. The van der Waals surface area contributed by atoms with Gasteiger partial charge >= 0.3 is 5.97 Å². The highest BCUT2D eigenvalue weighted by Crippen LogP contribution is 2.30. The third kappa shape index (κ3) is 3.21. The number of esters is 1. The van der Waals surface area contributed by atoms with E-state index < -0.39 is 6.29 Å². The number of ether oxygens (including phenoxy) is 2. The number of imide groups is 1. The highest BCUT2D eigenvalue weighted by Gasteiger charge is 2.36. The predicted octanol–water partition coefficient (Wildman–Crippen LogP) is 1.54. The molecule has 1 unspecified atom stereocenters. The molecule has 0 N–H and O–H groups in total. The maximum absolute atomic E-state index is 12.2. The van der Waals surface area contributed by atoms with Crippen molar-refractivity contribution in [3.05, 3.63) is 12.2 Å². The van der Waals surface area contributed by atoms with E-state index in [0.717, 1.165) is 19.3 Å². The fourth-order valence-electron chi connectivity index (χ4n) is 3.37. The molecule has 3 rings (SSSR count). The van der Waals surface area contributed by atoms with Crippen LogP contribution in [0.2, 0.25) is 0 Å². The first-order valence-corrected chi connectivity index (χ1v) is 8.02. The summed E-state index contributed by atoms with van der Waals surface area (Å²) in [5.41, 5.74) is 0. The Morgan fingerprint density at radius 1 is 1.05 bits per heavy atom. The zero-order valence-corrected chi connectivity index (χ0v) is 12.5. The van der Waals surface area contributed by atoms with Crippen LogP contribution >= 0.6 is 0 Å². The summed E-state index contributed by atoms with van der Waals surface area (Å²) in [4.78, 5) is 36.8. The molecule has 2 fully saturated rings. The van der Waals surface area contributed by atoms with Crippen LogP contribution in [0.25, 0.3) is 0 Å². The Morgan fingerprint density at radius 3 is 2.32 bits per heavy atom. The number of rotatable bonds is 3. The Bertz CT molecular complexity index is 469. The number of carbonyl (C=O) groups is 3. The molecule has 0 radical (unpaired) electrons. The summed E-state index contributed by atoms with van der Waals surface area (Å²) in [6, 6.07) is -0.0926. The van der Waals surface area contributed by atoms with Gasteiger partial charge < -0.3 is 9.47 Å². The van der Waals surface area contributed by atoms with E-state index in [2.05, 4.69) is 0 Å². The molecule has 6 nitrogen and oxygen atoms in total. The van der Waals surface area contributed by atoms with Gasteiger partial charge in [-0.25, -0.2) is 0 Å². The van der Waals surface area contributed by atoms with Crippen molar-refractivity contribution in [3.8, 4) is 0 Å². The molecule has 0 spiro atoms. The van der Waals surface area contributed by atoms with Crippen molar-refractivity contribution in [3.63, 3.8) is 0 Å². The zero-order chi connectivity index (χ0) is 15.5. The first-order valence-electron chi connectivity index (χ1n) is 8.02. The first kappa shape index (κ1) is 15.2. The topological polar surface area (TPSA) is 72.9 Å². The van der Waals surface area contributed by atoms with E-state index in [1.807, 2.05) is 0 Å². The molecule has 1 aliphatic carbocycles. The van der Waals surface area contributed by atoms with E-state index in [-0.39, 0.29) is 29.7 Å². The molecule has 1 saturated carbocycles. The van der Waals surface area contributed by atoms with Crippen molar-refractivity contribution in [1.29, 1.82) is 0 Å². The van der Waals surface area contributed by atoms with Crippen LogP contribution in [-0.2, 0) is 23.9 Å². The van der Waals surface area contributed by atoms with Gasteiger partial charge in [-0.05, 0) is 38.5 Å². The maximum atomic E-state index is 12.2. The van der Waals surface area contributed by atoms with Gasteiger partial charge in [-0.1, -0.05) is 0 Å². The van der Waals surface area contributed by atoms with Crippen molar-refractivity contribution >= 4 is 17.8 Å². The van der Waals surface area contributed by atoms with Gasteiger partial charge in [-0.15, -0.1) is 0 Å². The second kappa shape index (κ2) is 6.60. The van der Waals surface area contributed by atoms with Gasteiger partial charge in [-0.2, -0.15) is 0 Å². The lowest BCUT2D eigenvalue weighted by Crippen LogP contribution is -2.43. The molecule has 0 bridgehead atoms. The van der Waals surface area contributed by atoms with E-state index in [9.17, 15) is 14.4 Å². The number of nitrogens with zero attached hydrogens (tertiary/aromatic N) is 1. The summed E-state index contributed by atoms with van der Waals surface area (Å²) >= 11 is 0. The van der Waals surface area contributed by atoms with Crippen molar-refractivity contribution in [2.24, 2.45) is 5.92 Å². The summed E-state index contributed by atoms with van der Waals surface area (Å²) in [5.74, 6) is -0.844. The second-order valence-corrected chi connectivity index (χ2v) is 6.12. The highest BCUT2D eigenvalue weighted by atomic mass is 16.7. The molecule has 0 aromatic heterocycles. The molecule has 120 valence electrons. The molecule has 1 saturated heterocycles. The summed E-state index contributed by atoms with van der Waals surface area (Å²) in [5, 5.41) is 0. The van der Waals surface area contributed by atoms with Gasteiger partial charge in [0.25, 0.3) is 11.8 Å². The molecule has 6 heteroatoms. The second-order valence-electron chi connectivity index (χ2n) is 6.12. The Kier molecular flexibility index (Phi) is 4.57. The average Bonchev–Trinajstić information content (AvgIpc) is 2.87. The zero-order valence-electron chi connectivity index (χ0n) is 12.5. The number of hydrogen-bond donors (Lipinski definition) is 0. The van der Waals surface area contributed by atoms with Crippen LogP contribution in [0.1, 0.15) is 44.9 Å². The van der Waals surface area contributed by atoms with Crippen LogP contribution < -0.4 is 0 Å². The van der Waals surface area contributed by atoms with E-state index in [4.69, 9.17) is 9.47 Å². The van der Waals surface area contributed by atoms with Crippen molar-refractivity contribution in [2.45, 2.75) is 57.3 Å². The predicted molar refractivity (Wildman–Crippen MR) is 76.4 cm³/mol. The number of amides is 2. The summed E-state index contributed by atoms with van der Waals surface area (Å²) in [6.45, 7) is 0.650. The van der Waals surface area contributed by atoms with E-state index in [1.165, 1.54) is 17.1 Å². The summed E-state index contributed by atoms with van der Waals surface area (Å²) < 4.78 is 10.8. The third-order valence-corrected chi connectivity index (χ3v) is 4.62. The van der Waals surface area contributed by atoms with Crippen LogP contribution in [0.4, 0.5) is 0 Å².